The SMILES string of the molecule is CCOc1ccccc1Nc1ncnc(Nc2ccc(Br)cc2F)c1[N+](=O)[O-]. The average Bonchev–Trinajstić information content (AvgIpc) is 2.66. The van der Waals surface area contributed by atoms with Gasteiger partial charge in [-0.2, -0.15) is 0 Å². The fraction of sp³-hybridized carbons (Fsp3) is 0.111. The van der Waals surface area contributed by atoms with Crippen molar-refractivity contribution in [3.05, 3.63) is 69.2 Å². The number of nitrogens with one attached hydrogen (secondary N) is 2. The molecule has 0 aliphatic carbocycles. The molecular weight excluding hydrogens is 433 g/mol. The fourth-order valence-electron chi connectivity index (χ4n) is 2.43. The van der Waals surface area contributed by atoms with Crippen LogP contribution in [-0.2, 0) is 0 Å². The van der Waals surface area contributed by atoms with Crippen molar-refractivity contribution in [3.63, 3.8) is 0 Å². The van der Waals surface area contributed by atoms with Crippen LogP contribution in [0.2, 0.25) is 0 Å². The van der Waals surface area contributed by atoms with Crippen molar-refractivity contribution in [3.8, 4) is 5.75 Å². The van der Waals surface area contributed by atoms with Crippen molar-refractivity contribution in [1.29, 1.82) is 0 Å². The molecule has 3 rings (SSSR count). The van der Waals surface area contributed by atoms with Gasteiger partial charge < -0.3 is 15.4 Å². The summed E-state index contributed by atoms with van der Waals surface area (Å²) in [5, 5.41) is 17.2. The van der Waals surface area contributed by atoms with E-state index in [1.54, 1.807) is 30.3 Å². The molecule has 28 heavy (non-hydrogen) atoms. The number of para-hydroxylation sites is 2. The molecule has 2 N–H and O–H groups in total. The molecule has 0 aliphatic heterocycles. The molecule has 0 fully saturated rings. The summed E-state index contributed by atoms with van der Waals surface area (Å²) in [4.78, 5) is 18.9. The minimum atomic E-state index is -0.634. The second kappa shape index (κ2) is 8.61. The summed E-state index contributed by atoms with van der Waals surface area (Å²) in [6.07, 6.45) is 1.15. The number of anilines is 4. The standard InChI is InChI=1S/C18H15BrFN5O3/c1-2-28-15-6-4-3-5-14(15)24-18-16(25(26)27)17(21-10-22-18)23-13-8-7-11(19)9-12(13)20/h3-10H,2H2,1H3,(H2,21,22,23,24). The molecule has 10 heteroatoms. The lowest BCUT2D eigenvalue weighted by Gasteiger charge is -2.13. The van der Waals surface area contributed by atoms with Crippen LogP contribution < -0.4 is 15.4 Å². The van der Waals surface area contributed by atoms with Gasteiger partial charge in [0.05, 0.1) is 22.9 Å². The molecule has 0 atom stereocenters. The van der Waals surface area contributed by atoms with Gasteiger partial charge in [-0.05, 0) is 37.3 Å². The fourth-order valence-corrected chi connectivity index (χ4v) is 2.77. The zero-order valence-corrected chi connectivity index (χ0v) is 16.2. The Morgan fingerprint density at radius 3 is 2.46 bits per heavy atom. The molecule has 0 aliphatic rings. The zero-order valence-electron chi connectivity index (χ0n) is 14.6. The van der Waals surface area contributed by atoms with E-state index < -0.39 is 16.4 Å². The van der Waals surface area contributed by atoms with Crippen LogP contribution in [0.5, 0.6) is 5.75 Å². The molecule has 0 unspecified atom stereocenters. The monoisotopic (exact) mass is 447 g/mol. The lowest BCUT2D eigenvalue weighted by Crippen LogP contribution is -2.07. The number of hydrogen-bond acceptors (Lipinski definition) is 7. The number of halogens is 2. The van der Waals surface area contributed by atoms with Crippen LogP contribution in [0.1, 0.15) is 6.92 Å². The van der Waals surface area contributed by atoms with Crippen LogP contribution in [0.15, 0.2) is 53.3 Å². The van der Waals surface area contributed by atoms with Gasteiger partial charge in [0.2, 0.25) is 11.6 Å². The Morgan fingerprint density at radius 2 is 1.82 bits per heavy atom. The Labute approximate surface area is 168 Å². The van der Waals surface area contributed by atoms with Crippen LogP contribution in [0.4, 0.5) is 33.1 Å². The van der Waals surface area contributed by atoms with Crippen LogP contribution in [0, 0.1) is 15.9 Å². The van der Waals surface area contributed by atoms with E-state index in [1.165, 1.54) is 12.1 Å². The highest BCUT2D eigenvalue weighted by atomic mass is 79.9. The third-order valence-electron chi connectivity index (χ3n) is 3.63. The van der Waals surface area contributed by atoms with E-state index in [0.717, 1.165) is 6.33 Å². The normalized spacial score (nSPS) is 10.4. The first kappa shape index (κ1) is 19.5. The molecule has 1 aromatic heterocycles. The molecule has 8 nitrogen and oxygen atoms in total. The third kappa shape index (κ3) is 4.34. The molecule has 0 radical (unpaired) electrons. The van der Waals surface area contributed by atoms with Gasteiger partial charge in [-0.25, -0.2) is 14.4 Å². The number of ether oxygens (including phenoxy) is 1. The minimum Gasteiger partial charge on any atom is -0.492 e. The Morgan fingerprint density at radius 1 is 1.14 bits per heavy atom. The maximum absolute atomic E-state index is 14.1. The van der Waals surface area contributed by atoms with Crippen molar-refractivity contribution in [2.24, 2.45) is 0 Å². The van der Waals surface area contributed by atoms with Gasteiger partial charge in [-0.3, -0.25) is 10.1 Å². The number of nitro groups is 1. The Kier molecular flexibility index (Phi) is 5.99. The summed E-state index contributed by atoms with van der Waals surface area (Å²) in [5.74, 6) is -0.255. The second-order valence-electron chi connectivity index (χ2n) is 5.48. The highest BCUT2D eigenvalue weighted by Gasteiger charge is 2.24. The van der Waals surface area contributed by atoms with Crippen LogP contribution in [0.25, 0.3) is 0 Å². The summed E-state index contributed by atoms with van der Waals surface area (Å²) in [6.45, 7) is 2.26. The number of benzene rings is 2. The van der Waals surface area contributed by atoms with Crippen LogP contribution in [0.3, 0.4) is 0 Å². The van der Waals surface area contributed by atoms with Gasteiger partial charge in [0, 0.05) is 4.47 Å². The second-order valence-corrected chi connectivity index (χ2v) is 6.40. The van der Waals surface area contributed by atoms with Gasteiger partial charge in [0.25, 0.3) is 0 Å². The smallest absolute Gasteiger partial charge is 0.353 e. The molecule has 0 bridgehead atoms. The van der Waals surface area contributed by atoms with Crippen LogP contribution in [-0.4, -0.2) is 21.5 Å². The van der Waals surface area contributed by atoms with E-state index in [2.05, 4.69) is 36.5 Å². The predicted molar refractivity (Wildman–Crippen MR) is 107 cm³/mol. The number of hydrogen-bond donors (Lipinski definition) is 2. The summed E-state index contributed by atoms with van der Waals surface area (Å²) in [6, 6.07) is 11.3. The first-order valence-corrected chi connectivity index (χ1v) is 8.99. The van der Waals surface area contributed by atoms with Gasteiger partial charge in [-0.15, -0.1) is 0 Å². The predicted octanol–water partition coefficient (Wildman–Crippen LogP) is 5.17. The molecule has 0 amide bonds. The molecule has 3 aromatic rings. The quantitative estimate of drug-likeness (QED) is 0.380. The van der Waals surface area contributed by atoms with Crippen molar-refractivity contribution in [2.45, 2.75) is 6.92 Å². The van der Waals surface area contributed by atoms with Gasteiger partial charge in [-0.1, -0.05) is 28.1 Å². The van der Waals surface area contributed by atoms with Crippen molar-refractivity contribution in [1.82, 2.24) is 9.97 Å². The minimum absolute atomic E-state index is 0.0469. The third-order valence-corrected chi connectivity index (χ3v) is 4.12. The van der Waals surface area contributed by atoms with E-state index in [4.69, 9.17) is 4.74 Å². The van der Waals surface area contributed by atoms with E-state index in [-0.39, 0.29) is 17.3 Å². The Hall–Kier alpha value is -3.27. The van der Waals surface area contributed by atoms with Crippen molar-refractivity contribution >= 4 is 44.6 Å². The van der Waals surface area contributed by atoms with E-state index in [0.29, 0.717) is 22.5 Å². The van der Waals surface area contributed by atoms with E-state index >= 15 is 0 Å². The molecule has 2 aromatic carbocycles. The van der Waals surface area contributed by atoms with Gasteiger partial charge in [0.15, 0.2) is 0 Å². The first-order chi connectivity index (χ1) is 13.5. The maximum Gasteiger partial charge on any atom is 0.353 e. The molecule has 0 saturated heterocycles. The zero-order chi connectivity index (χ0) is 20.1. The Bertz CT molecular complexity index is 1020. The van der Waals surface area contributed by atoms with Crippen molar-refractivity contribution < 1.29 is 14.1 Å². The highest BCUT2D eigenvalue weighted by molar-refractivity contribution is 9.10. The maximum atomic E-state index is 14.1. The summed E-state index contributed by atoms with van der Waals surface area (Å²) in [5.41, 5.74) is 0.133. The van der Waals surface area contributed by atoms with Crippen molar-refractivity contribution in [2.75, 3.05) is 17.2 Å². The number of nitrogens with zero attached hydrogens (tertiary/aromatic N) is 3. The first-order valence-electron chi connectivity index (χ1n) is 8.20. The number of aromatic nitrogens is 2. The van der Waals surface area contributed by atoms with E-state index in [1.807, 2.05) is 6.92 Å². The highest BCUT2D eigenvalue weighted by Crippen LogP contribution is 2.36. The summed E-state index contributed by atoms with van der Waals surface area (Å²) < 4.78 is 20.2. The number of rotatable bonds is 7. The molecule has 0 saturated carbocycles. The average molecular weight is 448 g/mol. The molecular formula is C18H15BrFN5O3. The molecule has 1 heterocycles. The summed E-state index contributed by atoms with van der Waals surface area (Å²) >= 11 is 3.16. The molecule has 144 valence electrons. The largest absolute Gasteiger partial charge is 0.492 e. The van der Waals surface area contributed by atoms with Gasteiger partial charge >= 0.3 is 5.69 Å². The Balaban J connectivity index is 1.99. The summed E-state index contributed by atoms with van der Waals surface area (Å²) in [7, 11) is 0. The van der Waals surface area contributed by atoms with Gasteiger partial charge in [0.1, 0.15) is 17.9 Å². The lowest BCUT2D eigenvalue weighted by molar-refractivity contribution is -0.383. The molecule has 0 spiro atoms. The van der Waals surface area contributed by atoms with E-state index in [9.17, 15) is 14.5 Å². The lowest BCUT2D eigenvalue weighted by atomic mass is 10.2. The van der Waals surface area contributed by atoms with Crippen LogP contribution >= 0.6 is 15.9 Å². The topological polar surface area (TPSA) is 102 Å².